The number of halogens is 2. The lowest BCUT2D eigenvalue weighted by atomic mass is 9.87. The van der Waals surface area contributed by atoms with Crippen LogP contribution in [0.1, 0.15) is 51.5 Å². The van der Waals surface area contributed by atoms with Crippen molar-refractivity contribution in [3.63, 3.8) is 0 Å². The predicted molar refractivity (Wildman–Crippen MR) is 130 cm³/mol. The molecule has 0 unspecified atom stereocenters. The van der Waals surface area contributed by atoms with Crippen molar-refractivity contribution in [1.82, 2.24) is 20.0 Å². The maximum atomic E-state index is 6.53. The summed E-state index contributed by atoms with van der Waals surface area (Å²) in [4.78, 5) is 0. The lowest BCUT2D eigenvalue weighted by molar-refractivity contribution is 0.345. The highest BCUT2D eigenvalue weighted by molar-refractivity contribution is 6.32. The maximum Gasteiger partial charge on any atom is 0.268 e. The molecule has 0 saturated carbocycles. The predicted octanol–water partition coefficient (Wildman–Crippen LogP) is 7.67. The van der Waals surface area contributed by atoms with Gasteiger partial charge < -0.3 is 4.42 Å². The van der Waals surface area contributed by atoms with Crippen LogP contribution < -0.4 is 0 Å². The van der Waals surface area contributed by atoms with Crippen LogP contribution in [0.2, 0.25) is 10.0 Å². The topological polar surface area (TPSA) is 56.7 Å². The van der Waals surface area contributed by atoms with Crippen LogP contribution in [0, 0.1) is 6.92 Å². The zero-order valence-electron chi connectivity index (χ0n) is 18.7. The van der Waals surface area contributed by atoms with Crippen molar-refractivity contribution in [3.8, 4) is 28.5 Å². The fraction of sp³-hybridized carbons (Fsp3) is 0.320. The lowest BCUT2D eigenvalue weighted by Gasteiger charge is -2.19. The zero-order valence-corrected chi connectivity index (χ0v) is 20.2. The number of aromatic nitrogens is 4. The van der Waals surface area contributed by atoms with Crippen LogP contribution in [0.15, 0.2) is 52.9 Å². The molecule has 4 rings (SSSR count). The lowest BCUT2D eigenvalue weighted by Crippen LogP contribution is -2.17. The van der Waals surface area contributed by atoms with Crippen molar-refractivity contribution in [3.05, 3.63) is 70.0 Å². The van der Waals surface area contributed by atoms with E-state index >= 15 is 0 Å². The number of para-hydroxylation sites is 1. The van der Waals surface area contributed by atoms with Crippen LogP contribution in [-0.4, -0.2) is 20.0 Å². The van der Waals surface area contributed by atoms with Gasteiger partial charge in [-0.1, -0.05) is 81.1 Å². The van der Waals surface area contributed by atoms with Gasteiger partial charge in [-0.2, -0.15) is 5.10 Å². The van der Waals surface area contributed by atoms with Crippen LogP contribution in [0.5, 0.6) is 0 Å². The first-order chi connectivity index (χ1) is 15.3. The molecular weight excluding hydrogens is 443 g/mol. The standard InChI is InChI=1S/C25H26Cl2N4O/c1-5-6-15-25(3,4)24-29-28-23(32-24)21-16(2)22(17-11-13-18(26)14-12-17)31(30-21)20-10-8-7-9-19(20)27/h7-14H,5-6,15H2,1-4H3. The Morgan fingerprint density at radius 1 is 1.00 bits per heavy atom. The van der Waals surface area contributed by atoms with E-state index in [0.717, 1.165) is 41.8 Å². The third-order valence-corrected chi connectivity index (χ3v) is 6.25. The number of nitrogens with zero attached hydrogens (tertiary/aromatic N) is 4. The van der Waals surface area contributed by atoms with Crippen molar-refractivity contribution in [2.24, 2.45) is 0 Å². The summed E-state index contributed by atoms with van der Waals surface area (Å²) < 4.78 is 7.99. The van der Waals surface area contributed by atoms with E-state index in [2.05, 4.69) is 31.0 Å². The SMILES string of the molecule is CCCCC(C)(C)c1nnc(-c2nn(-c3ccccc3Cl)c(-c3ccc(Cl)cc3)c2C)o1. The third-order valence-electron chi connectivity index (χ3n) is 5.68. The molecule has 166 valence electrons. The zero-order chi connectivity index (χ0) is 22.9. The monoisotopic (exact) mass is 468 g/mol. The van der Waals surface area contributed by atoms with Gasteiger partial charge in [-0.25, -0.2) is 4.68 Å². The van der Waals surface area contributed by atoms with Crippen LogP contribution >= 0.6 is 23.2 Å². The highest BCUT2D eigenvalue weighted by atomic mass is 35.5. The van der Waals surface area contributed by atoms with E-state index in [1.165, 1.54) is 0 Å². The molecule has 0 aliphatic rings. The second-order valence-corrected chi connectivity index (χ2v) is 9.44. The third kappa shape index (κ3) is 4.32. The van der Waals surface area contributed by atoms with E-state index in [-0.39, 0.29) is 5.41 Å². The van der Waals surface area contributed by atoms with Gasteiger partial charge in [-0.3, -0.25) is 0 Å². The summed E-state index contributed by atoms with van der Waals surface area (Å²) in [6, 6.07) is 15.3. The molecule has 0 fully saturated rings. The smallest absolute Gasteiger partial charge is 0.268 e. The van der Waals surface area contributed by atoms with Crippen molar-refractivity contribution < 1.29 is 4.42 Å². The molecule has 0 N–H and O–H groups in total. The van der Waals surface area contributed by atoms with Crippen LogP contribution in [0.3, 0.4) is 0 Å². The van der Waals surface area contributed by atoms with Crippen LogP contribution in [0.4, 0.5) is 0 Å². The fourth-order valence-corrected chi connectivity index (χ4v) is 4.10. The molecular formula is C25H26Cl2N4O. The first-order valence-electron chi connectivity index (χ1n) is 10.8. The Hall–Kier alpha value is -2.63. The van der Waals surface area contributed by atoms with Gasteiger partial charge in [0.2, 0.25) is 5.89 Å². The molecule has 0 saturated heterocycles. The Morgan fingerprint density at radius 3 is 2.41 bits per heavy atom. The number of hydrogen-bond donors (Lipinski definition) is 0. The van der Waals surface area contributed by atoms with Crippen molar-refractivity contribution >= 4 is 23.2 Å². The molecule has 7 heteroatoms. The van der Waals surface area contributed by atoms with Crippen molar-refractivity contribution in [2.75, 3.05) is 0 Å². The number of rotatable bonds is 7. The van der Waals surface area contributed by atoms with E-state index in [4.69, 9.17) is 32.7 Å². The molecule has 4 aromatic rings. The molecule has 5 nitrogen and oxygen atoms in total. The maximum absolute atomic E-state index is 6.53. The number of unbranched alkanes of at least 4 members (excludes halogenated alkanes) is 1. The first kappa shape index (κ1) is 22.6. The van der Waals surface area contributed by atoms with Gasteiger partial charge in [0.05, 0.1) is 16.4 Å². The summed E-state index contributed by atoms with van der Waals surface area (Å²) in [5, 5.41) is 14.9. The van der Waals surface area contributed by atoms with E-state index in [0.29, 0.717) is 27.5 Å². The quantitative estimate of drug-likeness (QED) is 0.279. The second-order valence-electron chi connectivity index (χ2n) is 8.59. The van der Waals surface area contributed by atoms with E-state index in [9.17, 15) is 0 Å². The highest BCUT2D eigenvalue weighted by Gasteiger charge is 2.29. The van der Waals surface area contributed by atoms with Gasteiger partial charge in [0.1, 0.15) is 0 Å². The Kier molecular flexibility index (Phi) is 6.40. The Morgan fingerprint density at radius 2 is 1.72 bits per heavy atom. The number of hydrogen-bond acceptors (Lipinski definition) is 4. The first-order valence-corrected chi connectivity index (χ1v) is 11.5. The summed E-state index contributed by atoms with van der Waals surface area (Å²) in [5.41, 5.74) is 4.01. The number of benzene rings is 2. The molecule has 0 spiro atoms. The summed E-state index contributed by atoms with van der Waals surface area (Å²) in [5.74, 6) is 1.03. The normalized spacial score (nSPS) is 11.8. The summed E-state index contributed by atoms with van der Waals surface area (Å²) in [6.07, 6.45) is 3.20. The molecule has 2 aromatic heterocycles. The van der Waals surface area contributed by atoms with Gasteiger partial charge in [0.15, 0.2) is 5.69 Å². The Bertz CT molecular complexity index is 1230. The second kappa shape index (κ2) is 9.08. The average Bonchev–Trinajstić information content (AvgIpc) is 3.39. The summed E-state index contributed by atoms with van der Waals surface area (Å²) in [7, 11) is 0. The fourth-order valence-electron chi connectivity index (χ4n) is 3.76. The minimum atomic E-state index is -0.195. The average molecular weight is 469 g/mol. The van der Waals surface area contributed by atoms with Crippen LogP contribution in [-0.2, 0) is 5.41 Å². The molecule has 0 bridgehead atoms. The molecule has 0 amide bonds. The minimum absolute atomic E-state index is 0.195. The van der Waals surface area contributed by atoms with Gasteiger partial charge in [0.25, 0.3) is 5.89 Å². The highest BCUT2D eigenvalue weighted by Crippen LogP contribution is 2.37. The molecule has 0 aliphatic heterocycles. The van der Waals surface area contributed by atoms with Gasteiger partial charge in [-0.05, 0) is 37.6 Å². The molecule has 2 aromatic carbocycles. The molecule has 0 radical (unpaired) electrons. The molecule has 2 heterocycles. The molecule has 0 aliphatic carbocycles. The summed E-state index contributed by atoms with van der Waals surface area (Å²) in [6.45, 7) is 8.45. The molecule has 32 heavy (non-hydrogen) atoms. The Balaban J connectivity index is 1.86. The van der Waals surface area contributed by atoms with E-state index in [1.807, 2.05) is 60.1 Å². The van der Waals surface area contributed by atoms with Gasteiger partial charge in [-0.15, -0.1) is 10.2 Å². The molecule has 0 atom stereocenters. The largest absolute Gasteiger partial charge is 0.419 e. The van der Waals surface area contributed by atoms with Gasteiger partial charge in [0, 0.05) is 21.6 Å². The minimum Gasteiger partial charge on any atom is -0.419 e. The van der Waals surface area contributed by atoms with Crippen LogP contribution in [0.25, 0.3) is 28.5 Å². The van der Waals surface area contributed by atoms with Crippen molar-refractivity contribution in [1.29, 1.82) is 0 Å². The van der Waals surface area contributed by atoms with Gasteiger partial charge >= 0.3 is 0 Å². The summed E-state index contributed by atoms with van der Waals surface area (Å²) >= 11 is 12.7. The van der Waals surface area contributed by atoms with Crippen molar-refractivity contribution in [2.45, 2.75) is 52.4 Å². The Labute approximate surface area is 198 Å². The van der Waals surface area contributed by atoms with E-state index < -0.39 is 0 Å². The van der Waals surface area contributed by atoms with E-state index in [1.54, 1.807) is 0 Å².